The van der Waals surface area contributed by atoms with Gasteiger partial charge in [-0.1, -0.05) is 26.0 Å². The molecule has 0 heterocycles. The number of rotatable bonds is 2. The fourth-order valence-electron chi connectivity index (χ4n) is 2.14. The number of hydrogen-bond donors (Lipinski definition) is 1. The number of carbonyl (C=O) groups excluding carboxylic acids is 1. The lowest BCUT2D eigenvalue weighted by molar-refractivity contribution is -0.119. The Bertz CT molecular complexity index is 232. The van der Waals surface area contributed by atoms with E-state index in [1.54, 1.807) is 6.92 Å². The molecule has 1 amide bonds. The molecular weight excluding hydrogens is 174 g/mol. The van der Waals surface area contributed by atoms with Gasteiger partial charge in [0.05, 0.1) is 6.04 Å². The Morgan fingerprint density at radius 3 is 2.71 bits per heavy atom. The van der Waals surface area contributed by atoms with Crippen LogP contribution >= 0.6 is 0 Å². The van der Waals surface area contributed by atoms with Crippen molar-refractivity contribution in [3.8, 4) is 0 Å². The molecule has 0 aromatic rings. The van der Waals surface area contributed by atoms with Crippen LogP contribution in [-0.4, -0.2) is 11.9 Å². The number of amides is 1. The van der Waals surface area contributed by atoms with Crippen molar-refractivity contribution >= 4 is 5.91 Å². The minimum absolute atomic E-state index is 0.0561. The largest absolute Gasteiger partial charge is 0.350 e. The summed E-state index contributed by atoms with van der Waals surface area (Å²) in [6, 6.07) is 0.216. The lowest BCUT2D eigenvalue weighted by Crippen LogP contribution is -2.39. The highest BCUT2D eigenvalue weighted by molar-refractivity contribution is 5.73. The quantitative estimate of drug-likeness (QED) is 0.674. The van der Waals surface area contributed by atoms with Crippen LogP contribution in [0.5, 0.6) is 0 Å². The second kappa shape index (κ2) is 4.63. The van der Waals surface area contributed by atoms with E-state index in [4.69, 9.17) is 0 Å². The van der Waals surface area contributed by atoms with Crippen LogP contribution in [0.3, 0.4) is 0 Å². The molecule has 1 aliphatic carbocycles. The van der Waals surface area contributed by atoms with Crippen molar-refractivity contribution in [3.05, 3.63) is 12.2 Å². The third-order valence-electron chi connectivity index (χ3n) is 3.19. The SMILES string of the molecule is C=C1CC[C@@H](C(C)C)C[C@H]1NC(C)=O. The van der Waals surface area contributed by atoms with Gasteiger partial charge in [0.25, 0.3) is 0 Å². The van der Waals surface area contributed by atoms with Crippen molar-refractivity contribution in [1.82, 2.24) is 5.32 Å². The molecule has 2 atom stereocenters. The van der Waals surface area contributed by atoms with Gasteiger partial charge in [-0.3, -0.25) is 4.79 Å². The first-order valence-electron chi connectivity index (χ1n) is 5.45. The Labute approximate surface area is 86.8 Å². The van der Waals surface area contributed by atoms with Gasteiger partial charge in [-0.05, 0) is 31.1 Å². The standard InChI is InChI=1S/C12H21NO/c1-8(2)11-6-5-9(3)12(7-11)13-10(4)14/h8,11-12H,3,5-7H2,1-2,4H3,(H,13,14)/t11-,12-/m1/s1. The van der Waals surface area contributed by atoms with E-state index in [0.29, 0.717) is 5.92 Å². The van der Waals surface area contributed by atoms with Crippen molar-refractivity contribution in [1.29, 1.82) is 0 Å². The van der Waals surface area contributed by atoms with Crippen molar-refractivity contribution in [3.63, 3.8) is 0 Å². The summed E-state index contributed by atoms with van der Waals surface area (Å²) in [5, 5.41) is 2.98. The molecule has 0 radical (unpaired) electrons. The lowest BCUT2D eigenvalue weighted by Gasteiger charge is -2.33. The van der Waals surface area contributed by atoms with Gasteiger partial charge >= 0.3 is 0 Å². The average molecular weight is 195 g/mol. The molecule has 2 nitrogen and oxygen atoms in total. The van der Waals surface area contributed by atoms with Crippen LogP contribution < -0.4 is 5.32 Å². The third-order valence-corrected chi connectivity index (χ3v) is 3.19. The van der Waals surface area contributed by atoms with E-state index < -0.39 is 0 Å². The maximum Gasteiger partial charge on any atom is 0.217 e. The first kappa shape index (κ1) is 11.3. The Morgan fingerprint density at radius 1 is 1.57 bits per heavy atom. The van der Waals surface area contributed by atoms with Gasteiger partial charge in [0.2, 0.25) is 5.91 Å². The molecule has 0 aromatic heterocycles. The maximum absolute atomic E-state index is 11.0. The molecule has 1 fully saturated rings. The van der Waals surface area contributed by atoms with E-state index in [1.807, 2.05) is 0 Å². The summed E-state index contributed by atoms with van der Waals surface area (Å²) in [5.74, 6) is 1.50. The highest BCUT2D eigenvalue weighted by Gasteiger charge is 2.26. The van der Waals surface area contributed by atoms with Crippen LogP contribution in [-0.2, 0) is 4.79 Å². The van der Waals surface area contributed by atoms with Gasteiger partial charge < -0.3 is 5.32 Å². The summed E-state index contributed by atoms with van der Waals surface area (Å²) in [6.45, 7) is 10.1. The van der Waals surface area contributed by atoms with Crippen LogP contribution in [0.15, 0.2) is 12.2 Å². The van der Waals surface area contributed by atoms with Crippen LogP contribution in [0, 0.1) is 11.8 Å². The van der Waals surface area contributed by atoms with Crippen molar-refractivity contribution < 1.29 is 4.79 Å². The molecule has 1 N–H and O–H groups in total. The number of carbonyl (C=O) groups is 1. The van der Waals surface area contributed by atoms with E-state index in [1.165, 1.54) is 12.0 Å². The van der Waals surface area contributed by atoms with Crippen LogP contribution in [0.4, 0.5) is 0 Å². The number of nitrogens with one attached hydrogen (secondary N) is 1. The molecule has 80 valence electrons. The molecule has 0 spiro atoms. The van der Waals surface area contributed by atoms with E-state index in [0.717, 1.165) is 18.8 Å². The Balaban J connectivity index is 2.55. The molecule has 0 saturated heterocycles. The topological polar surface area (TPSA) is 29.1 Å². The molecule has 2 heteroatoms. The summed E-state index contributed by atoms with van der Waals surface area (Å²) in [5.41, 5.74) is 1.19. The fourth-order valence-corrected chi connectivity index (χ4v) is 2.14. The van der Waals surface area contributed by atoms with Gasteiger partial charge in [0.1, 0.15) is 0 Å². The van der Waals surface area contributed by atoms with E-state index in [-0.39, 0.29) is 11.9 Å². The van der Waals surface area contributed by atoms with Crippen LogP contribution in [0.2, 0.25) is 0 Å². The lowest BCUT2D eigenvalue weighted by atomic mass is 9.77. The number of hydrogen-bond acceptors (Lipinski definition) is 1. The second-order valence-corrected chi connectivity index (χ2v) is 4.69. The molecule has 1 saturated carbocycles. The average Bonchev–Trinajstić information content (AvgIpc) is 2.07. The molecule has 0 unspecified atom stereocenters. The highest BCUT2D eigenvalue weighted by Crippen LogP contribution is 2.32. The first-order chi connectivity index (χ1) is 6.50. The van der Waals surface area contributed by atoms with Crippen molar-refractivity contribution in [2.75, 3.05) is 0 Å². The maximum atomic E-state index is 11.0. The first-order valence-corrected chi connectivity index (χ1v) is 5.45. The van der Waals surface area contributed by atoms with E-state index >= 15 is 0 Å². The molecule has 14 heavy (non-hydrogen) atoms. The third kappa shape index (κ3) is 2.86. The molecule has 0 bridgehead atoms. The molecule has 1 rings (SSSR count). The van der Waals surface area contributed by atoms with Gasteiger partial charge in [-0.2, -0.15) is 0 Å². The minimum Gasteiger partial charge on any atom is -0.350 e. The summed E-state index contributed by atoms with van der Waals surface area (Å²) < 4.78 is 0. The fraction of sp³-hybridized carbons (Fsp3) is 0.750. The monoisotopic (exact) mass is 195 g/mol. The van der Waals surface area contributed by atoms with Gasteiger partial charge in [0, 0.05) is 6.92 Å². The van der Waals surface area contributed by atoms with Gasteiger partial charge in [0.15, 0.2) is 0 Å². The molecule has 1 aliphatic rings. The summed E-state index contributed by atoms with van der Waals surface area (Å²) >= 11 is 0. The summed E-state index contributed by atoms with van der Waals surface area (Å²) in [4.78, 5) is 11.0. The molecule has 0 aromatic carbocycles. The van der Waals surface area contributed by atoms with Crippen LogP contribution in [0.1, 0.15) is 40.0 Å². The van der Waals surface area contributed by atoms with E-state index in [2.05, 4.69) is 25.7 Å². The molecular formula is C12H21NO. The minimum atomic E-state index is 0.0561. The highest BCUT2D eigenvalue weighted by atomic mass is 16.1. The molecule has 0 aliphatic heterocycles. The summed E-state index contributed by atoms with van der Waals surface area (Å²) in [7, 11) is 0. The van der Waals surface area contributed by atoms with Gasteiger partial charge in [-0.15, -0.1) is 0 Å². The van der Waals surface area contributed by atoms with E-state index in [9.17, 15) is 4.79 Å². The zero-order valence-corrected chi connectivity index (χ0v) is 9.47. The van der Waals surface area contributed by atoms with Crippen molar-refractivity contribution in [2.24, 2.45) is 11.8 Å². The van der Waals surface area contributed by atoms with Gasteiger partial charge in [-0.25, -0.2) is 0 Å². The summed E-state index contributed by atoms with van der Waals surface area (Å²) in [6.07, 6.45) is 3.36. The predicted molar refractivity (Wildman–Crippen MR) is 58.9 cm³/mol. The van der Waals surface area contributed by atoms with Crippen LogP contribution in [0.25, 0.3) is 0 Å². The second-order valence-electron chi connectivity index (χ2n) is 4.69. The van der Waals surface area contributed by atoms with Crippen molar-refractivity contribution in [2.45, 2.75) is 46.1 Å². The zero-order chi connectivity index (χ0) is 10.7. The Morgan fingerprint density at radius 2 is 2.21 bits per heavy atom. The predicted octanol–water partition coefficient (Wildman–Crippen LogP) is 2.50. The Hall–Kier alpha value is -0.790. The zero-order valence-electron chi connectivity index (χ0n) is 9.47. The normalized spacial score (nSPS) is 27.9. The smallest absolute Gasteiger partial charge is 0.217 e. The Kier molecular flexibility index (Phi) is 3.73.